The van der Waals surface area contributed by atoms with Gasteiger partial charge in [-0.1, -0.05) is 0 Å². The summed E-state index contributed by atoms with van der Waals surface area (Å²) < 4.78 is 32.1. The predicted molar refractivity (Wildman–Crippen MR) is 77.3 cm³/mol. The second-order valence-corrected chi connectivity index (χ2v) is 7.45. The lowest BCUT2D eigenvalue weighted by atomic mass is 10.1. The highest BCUT2D eigenvalue weighted by molar-refractivity contribution is 9.10. The average Bonchev–Trinajstić information content (AvgIpc) is 2.82. The number of nitrogens with zero attached hydrogens (tertiary/aromatic N) is 1. The molecule has 1 aliphatic rings. The van der Waals surface area contributed by atoms with Crippen molar-refractivity contribution >= 4 is 31.6 Å². The molecular weight excluding hydrogens is 332 g/mol. The van der Waals surface area contributed by atoms with Crippen molar-refractivity contribution in [2.45, 2.75) is 11.3 Å². The molecule has 1 aromatic carbocycles. The van der Waals surface area contributed by atoms with Gasteiger partial charge in [0.05, 0.1) is 11.5 Å². The van der Waals surface area contributed by atoms with Gasteiger partial charge in [-0.15, -0.1) is 0 Å². The van der Waals surface area contributed by atoms with Gasteiger partial charge >= 0.3 is 0 Å². The number of hydrogen-bond donors (Lipinski definition) is 1. The van der Waals surface area contributed by atoms with Crippen LogP contribution in [0.15, 0.2) is 27.6 Å². The molecule has 2 N–H and O–H groups in total. The Balaban J connectivity index is 2.21. The highest BCUT2D eigenvalue weighted by atomic mass is 79.9. The Kier molecular flexibility index (Phi) is 4.50. The lowest BCUT2D eigenvalue weighted by Gasteiger charge is -2.17. The van der Waals surface area contributed by atoms with Crippen LogP contribution in [0, 0.1) is 5.92 Å². The quantitative estimate of drug-likeness (QED) is 0.840. The zero-order chi connectivity index (χ0) is 14.0. The molecule has 5 nitrogen and oxygen atoms in total. The van der Waals surface area contributed by atoms with E-state index >= 15 is 0 Å². The van der Waals surface area contributed by atoms with Crippen LogP contribution in [0.4, 0.5) is 5.69 Å². The summed E-state index contributed by atoms with van der Waals surface area (Å²) in [6.45, 7) is 1.65. The van der Waals surface area contributed by atoms with E-state index in [1.54, 1.807) is 25.3 Å². The molecule has 0 radical (unpaired) electrons. The molecule has 19 heavy (non-hydrogen) atoms. The number of sulfonamides is 1. The second-order valence-electron chi connectivity index (χ2n) is 4.66. The van der Waals surface area contributed by atoms with Gasteiger partial charge in [-0.25, -0.2) is 8.42 Å². The molecule has 1 heterocycles. The van der Waals surface area contributed by atoms with Crippen molar-refractivity contribution in [2.24, 2.45) is 5.92 Å². The number of hydrogen-bond acceptors (Lipinski definition) is 4. The van der Waals surface area contributed by atoms with Crippen LogP contribution >= 0.6 is 15.9 Å². The third-order valence-corrected chi connectivity index (χ3v) is 5.81. The van der Waals surface area contributed by atoms with Gasteiger partial charge in [-0.3, -0.25) is 0 Å². The molecule has 0 aliphatic carbocycles. The monoisotopic (exact) mass is 348 g/mol. The van der Waals surface area contributed by atoms with Gasteiger partial charge in [-0.05, 0) is 46.5 Å². The zero-order valence-corrected chi connectivity index (χ0v) is 13.1. The first-order valence-electron chi connectivity index (χ1n) is 5.99. The van der Waals surface area contributed by atoms with Crippen LogP contribution in [-0.4, -0.2) is 39.5 Å². The summed E-state index contributed by atoms with van der Waals surface area (Å²) in [4.78, 5) is 0.270. The lowest BCUT2D eigenvalue weighted by Crippen LogP contribution is -2.29. The van der Waals surface area contributed by atoms with E-state index in [0.29, 0.717) is 29.9 Å². The summed E-state index contributed by atoms with van der Waals surface area (Å²) in [5.74, 6) is 0.275. The molecule has 1 fully saturated rings. The van der Waals surface area contributed by atoms with Crippen LogP contribution in [0.2, 0.25) is 0 Å². The van der Waals surface area contributed by atoms with E-state index in [2.05, 4.69) is 15.9 Å². The minimum atomic E-state index is -3.44. The normalized spacial score (nSPS) is 20.8. The first-order chi connectivity index (χ1) is 8.95. The van der Waals surface area contributed by atoms with Gasteiger partial charge in [0.15, 0.2) is 0 Å². The minimum absolute atomic E-state index is 0.270. The van der Waals surface area contributed by atoms with Crippen LogP contribution < -0.4 is 5.73 Å². The van der Waals surface area contributed by atoms with Crippen molar-refractivity contribution < 1.29 is 13.2 Å². The number of nitrogens with two attached hydrogens (primary N) is 1. The number of rotatable bonds is 4. The number of ether oxygens (including phenoxy) is 1. The fourth-order valence-corrected chi connectivity index (χ4v) is 4.29. The summed E-state index contributed by atoms with van der Waals surface area (Å²) in [6, 6.07) is 4.69. The molecule has 0 aromatic heterocycles. The fraction of sp³-hybridized carbons (Fsp3) is 0.500. The SMILES string of the molecule is COCC1CCN(S(=O)(=O)c2ccc(N)c(Br)c2)C1. The highest BCUT2D eigenvalue weighted by Crippen LogP contribution is 2.28. The van der Waals surface area contributed by atoms with Crippen LogP contribution in [-0.2, 0) is 14.8 Å². The third kappa shape index (κ3) is 3.10. The van der Waals surface area contributed by atoms with Crippen LogP contribution in [0.25, 0.3) is 0 Å². The largest absolute Gasteiger partial charge is 0.398 e. The topological polar surface area (TPSA) is 72.6 Å². The molecule has 0 saturated carbocycles. The van der Waals surface area contributed by atoms with Crippen molar-refractivity contribution in [2.75, 3.05) is 32.5 Å². The Morgan fingerprint density at radius 3 is 2.89 bits per heavy atom. The van der Waals surface area contributed by atoms with Crippen LogP contribution in [0.1, 0.15) is 6.42 Å². The van der Waals surface area contributed by atoms with Crippen molar-refractivity contribution in [3.8, 4) is 0 Å². The number of halogens is 1. The molecule has 1 saturated heterocycles. The van der Waals surface area contributed by atoms with Crippen molar-refractivity contribution in [3.05, 3.63) is 22.7 Å². The first kappa shape index (κ1) is 14.8. The maximum absolute atomic E-state index is 12.5. The van der Waals surface area contributed by atoms with E-state index in [1.165, 1.54) is 4.31 Å². The third-order valence-electron chi connectivity index (χ3n) is 3.26. The number of nitrogen functional groups attached to an aromatic ring is 1. The minimum Gasteiger partial charge on any atom is -0.398 e. The van der Waals surface area contributed by atoms with Gasteiger partial charge in [0.25, 0.3) is 0 Å². The highest BCUT2D eigenvalue weighted by Gasteiger charge is 2.32. The number of anilines is 1. The van der Waals surface area contributed by atoms with Crippen molar-refractivity contribution in [1.82, 2.24) is 4.31 Å². The molecule has 106 valence electrons. The van der Waals surface area contributed by atoms with Gasteiger partial charge in [0.1, 0.15) is 0 Å². The summed E-state index contributed by atoms with van der Waals surface area (Å²) in [6.07, 6.45) is 0.837. The first-order valence-corrected chi connectivity index (χ1v) is 8.22. The van der Waals surface area contributed by atoms with Crippen molar-refractivity contribution in [3.63, 3.8) is 0 Å². The maximum atomic E-state index is 12.5. The van der Waals surface area contributed by atoms with Gasteiger partial charge in [0, 0.05) is 30.4 Å². The van der Waals surface area contributed by atoms with Gasteiger partial charge < -0.3 is 10.5 Å². The molecule has 1 unspecified atom stereocenters. The Morgan fingerprint density at radius 1 is 1.53 bits per heavy atom. The standard InChI is InChI=1S/C12H17BrN2O3S/c1-18-8-9-4-5-15(7-9)19(16,17)10-2-3-12(14)11(13)6-10/h2-3,6,9H,4-5,7-8,14H2,1H3. The Morgan fingerprint density at radius 2 is 2.26 bits per heavy atom. The Bertz CT molecular complexity index is 562. The zero-order valence-electron chi connectivity index (χ0n) is 10.7. The van der Waals surface area contributed by atoms with Crippen molar-refractivity contribution in [1.29, 1.82) is 0 Å². The molecule has 1 aliphatic heterocycles. The molecular formula is C12H17BrN2O3S. The summed E-state index contributed by atoms with van der Waals surface area (Å²) in [7, 11) is -1.80. The van der Waals surface area contributed by atoms with Gasteiger partial charge in [0.2, 0.25) is 10.0 Å². The molecule has 1 atom stereocenters. The summed E-state index contributed by atoms with van der Waals surface area (Å²) in [5.41, 5.74) is 6.20. The second kappa shape index (κ2) is 5.78. The van der Waals surface area contributed by atoms with E-state index < -0.39 is 10.0 Å². The van der Waals surface area contributed by atoms with E-state index in [-0.39, 0.29) is 10.8 Å². The lowest BCUT2D eigenvalue weighted by molar-refractivity contribution is 0.157. The van der Waals surface area contributed by atoms with Gasteiger partial charge in [-0.2, -0.15) is 4.31 Å². The fourth-order valence-electron chi connectivity index (χ4n) is 2.20. The number of benzene rings is 1. The van der Waals surface area contributed by atoms with Crippen LogP contribution in [0.3, 0.4) is 0 Å². The molecule has 0 bridgehead atoms. The van der Waals surface area contributed by atoms with E-state index in [4.69, 9.17) is 10.5 Å². The summed E-state index contributed by atoms with van der Waals surface area (Å²) in [5, 5.41) is 0. The molecule has 1 aromatic rings. The summed E-state index contributed by atoms with van der Waals surface area (Å²) >= 11 is 3.26. The van der Waals surface area contributed by atoms with E-state index in [0.717, 1.165) is 6.42 Å². The molecule has 0 amide bonds. The van der Waals surface area contributed by atoms with Crippen LogP contribution in [0.5, 0.6) is 0 Å². The maximum Gasteiger partial charge on any atom is 0.243 e. The van der Waals surface area contributed by atoms with E-state index in [9.17, 15) is 8.42 Å². The smallest absolute Gasteiger partial charge is 0.243 e. The Labute approximate surface area is 121 Å². The number of methoxy groups -OCH3 is 1. The Hall–Kier alpha value is -0.630. The average molecular weight is 349 g/mol. The molecule has 7 heteroatoms. The molecule has 0 spiro atoms. The van der Waals surface area contributed by atoms with E-state index in [1.807, 2.05) is 0 Å². The molecule has 2 rings (SSSR count). The predicted octanol–water partition coefficient (Wildman–Crippen LogP) is 1.69.